The van der Waals surface area contributed by atoms with Crippen molar-refractivity contribution in [3.63, 3.8) is 0 Å². The van der Waals surface area contributed by atoms with Crippen LogP contribution in [0, 0.1) is 5.92 Å². The molecule has 1 aliphatic heterocycles. The number of hydrogen-bond donors (Lipinski definition) is 4. The van der Waals surface area contributed by atoms with Gasteiger partial charge in [-0.25, -0.2) is 0 Å². The van der Waals surface area contributed by atoms with Crippen LogP contribution in [0.5, 0.6) is 0 Å². The van der Waals surface area contributed by atoms with Crippen LogP contribution in [0.2, 0.25) is 0 Å². The maximum Gasteiger partial charge on any atom is 0.243 e. The van der Waals surface area contributed by atoms with Crippen LogP contribution in [0.4, 0.5) is 0 Å². The number of epoxide rings is 1. The van der Waals surface area contributed by atoms with Gasteiger partial charge < -0.3 is 25.4 Å². The second kappa shape index (κ2) is 9.04. The molecule has 29 heavy (non-hydrogen) atoms. The predicted octanol–water partition coefficient (Wildman–Crippen LogP) is 0.170. The molecule has 2 bridgehead atoms. The Kier molecular flexibility index (Phi) is 6.88. The van der Waals surface area contributed by atoms with Crippen molar-refractivity contribution in [2.75, 3.05) is 0 Å². The van der Waals surface area contributed by atoms with E-state index in [0.717, 1.165) is 19.3 Å². The van der Waals surface area contributed by atoms with E-state index in [9.17, 15) is 29.7 Å². The molecule has 162 valence electrons. The van der Waals surface area contributed by atoms with Crippen LogP contribution >= 0.6 is 0 Å². The minimum absolute atomic E-state index is 0.150. The van der Waals surface area contributed by atoms with Gasteiger partial charge in [0.05, 0.1) is 24.2 Å². The number of ether oxygens (including phenoxy) is 1. The molecule has 0 aromatic carbocycles. The third-order valence-corrected chi connectivity index (χ3v) is 6.22. The average Bonchev–Trinajstić information content (AvgIpc) is 3.47. The van der Waals surface area contributed by atoms with E-state index in [1.807, 2.05) is 0 Å². The van der Waals surface area contributed by atoms with Gasteiger partial charge in [-0.05, 0) is 25.3 Å². The standard InChI is InChI=1S/C21H31NO7/c1-2-3-5-8-12(23)9-6-4-7-10-14(24)22-13-11-21(28)19(27)15(16(13)25)17(26)18-20(21)29-18/h7,10,13,15-18,20,25-26,28H,2-6,8-9,11H2,1H3,(H,22,24)/b10-7-/t13-,15+,16+,17+,18+,20+,21-/m0/s1. The number of unbranched alkanes of at least 4 members (excludes halogenated alkanes) is 3. The van der Waals surface area contributed by atoms with Gasteiger partial charge in [-0.15, -0.1) is 0 Å². The minimum Gasteiger partial charge on any atom is -0.390 e. The normalized spacial score (nSPS) is 38.0. The molecule has 8 nitrogen and oxygen atoms in total. The fraction of sp³-hybridized carbons (Fsp3) is 0.762. The summed E-state index contributed by atoms with van der Waals surface area (Å²) in [5.74, 6) is -2.02. The van der Waals surface area contributed by atoms with Gasteiger partial charge in [0.15, 0.2) is 11.4 Å². The number of carbonyl (C=O) groups is 3. The van der Waals surface area contributed by atoms with E-state index in [-0.39, 0.29) is 12.2 Å². The molecule has 0 spiro atoms. The summed E-state index contributed by atoms with van der Waals surface area (Å²) in [5.41, 5.74) is -1.78. The average molecular weight is 409 g/mol. The molecule has 1 heterocycles. The second-order valence-corrected chi connectivity index (χ2v) is 8.43. The van der Waals surface area contributed by atoms with Crippen molar-refractivity contribution in [3.05, 3.63) is 12.2 Å². The van der Waals surface area contributed by atoms with Crippen LogP contribution in [-0.4, -0.2) is 68.9 Å². The van der Waals surface area contributed by atoms with Crippen LogP contribution in [0.3, 0.4) is 0 Å². The molecule has 2 aliphatic carbocycles. The van der Waals surface area contributed by atoms with Gasteiger partial charge in [0, 0.05) is 19.3 Å². The predicted molar refractivity (Wildman–Crippen MR) is 103 cm³/mol. The Hall–Kier alpha value is -1.61. The van der Waals surface area contributed by atoms with Crippen molar-refractivity contribution in [3.8, 4) is 0 Å². The highest BCUT2D eigenvalue weighted by Gasteiger charge is 2.72. The number of rotatable bonds is 10. The molecule has 7 atom stereocenters. The monoisotopic (exact) mass is 409 g/mol. The zero-order chi connectivity index (χ0) is 21.2. The summed E-state index contributed by atoms with van der Waals surface area (Å²) in [6, 6.07) is -0.861. The summed E-state index contributed by atoms with van der Waals surface area (Å²) >= 11 is 0. The van der Waals surface area contributed by atoms with Crippen LogP contribution in [0.25, 0.3) is 0 Å². The second-order valence-electron chi connectivity index (χ2n) is 8.43. The van der Waals surface area contributed by atoms with Crippen LogP contribution in [0.1, 0.15) is 58.3 Å². The third-order valence-electron chi connectivity index (χ3n) is 6.22. The molecule has 3 rings (SSSR count). The Labute approximate surface area is 170 Å². The van der Waals surface area contributed by atoms with E-state index in [0.29, 0.717) is 25.7 Å². The molecule has 4 N–H and O–H groups in total. The first-order valence-electron chi connectivity index (χ1n) is 10.6. The molecule has 0 radical (unpaired) electrons. The molecule has 8 heteroatoms. The molecule has 1 amide bonds. The molecular weight excluding hydrogens is 378 g/mol. The van der Waals surface area contributed by atoms with Gasteiger partial charge in [-0.2, -0.15) is 0 Å². The molecule has 0 aromatic heterocycles. The fourth-order valence-electron chi connectivity index (χ4n) is 4.51. The Balaban J connectivity index is 1.44. The number of Topliss-reactive ketones (excluding diaryl/α,β-unsaturated/α-hetero) is 2. The third kappa shape index (κ3) is 4.60. The number of carbonyl (C=O) groups excluding carboxylic acids is 3. The van der Waals surface area contributed by atoms with E-state index >= 15 is 0 Å². The lowest BCUT2D eigenvalue weighted by Gasteiger charge is -2.46. The van der Waals surface area contributed by atoms with Crippen LogP contribution in [-0.2, 0) is 19.1 Å². The van der Waals surface area contributed by atoms with Crippen molar-refractivity contribution in [1.82, 2.24) is 5.32 Å². The topological polar surface area (TPSA) is 136 Å². The number of ketones is 2. The zero-order valence-electron chi connectivity index (χ0n) is 16.8. The van der Waals surface area contributed by atoms with Gasteiger partial charge in [0.25, 0.3) is 0 Å². The fourth-order valence-corrected chi connectivity index (χ4v) is 4.51. The van der Waals surface area contributed by atoms with Gasteiger partial charge in [0.2, 0.25) is 5.91 Å². The summed E-state index contributed by atoms with van der Waals surface area (Å²) in [6.45, 7) is 2.09. The van der Waals surface area contributed by atoms with E-state index < -0.39 is 53.7 Å². The number of hydrogen-bond acceptors (Lipinski definition) is 7. The molecule has 0 aromatic rings. The maximum absolute atomic E-state index is 12.4. The van der Waals surface area contributed by atoms with Gasteiger partial charge in [0.1, 0.15) is 18.0 Å². The first-order valence-corrected chi connectivity index (χ1v) is 10.6. The van der Waals surface area contributed by atoms with E-state index in [4.69, 9.17) is 4.74 Å². The SMILES string of the molecule is CCCCCC(=O)CCC/C=C\C(=O)N[C@H]1C[C@]2(O)C(=O)[C@@H]([C@@H](O)[C@H]3O[C@H]32)[C@@H]1O. The lowest BCUT2D eigenvalue weighted by molar-refractivity contribution is -0.171. The Morgan fingerprint density at radius 1 is 1.21 bits per heavy atom. The highest BCUT2D eigenvalue weighted by Crippen LogP contribution is 2.50. The first kappa shape index (κ1) is 22.1. The first-order chi connectivity index (χ1) is 13.8. The number of aliphatic hydroxyl groups is 3. The lowest BCUT2D eigenvalue weighted by Crippen LogP contribution is -2.69. The van der Waals surface area contributed by atoms with Gasteiger partial charge >= 0.3 is 0 Å². The highest BCUT2D eigenvalue weighted by molar-refractivity contribution is 5.95. The van der Waals surface area contributed by atoms with Crippen molar-refractivity contribution in [1.29, 1.82) is 0 Å². The lowest BCUT2D eigenvalue weighted by atomic mass is 9.64. The van der Waals surface area contributed by atoms with Crippen molar-refractivity contribution < 1.29 is 34.4 Å². The Morgan fingerprint density at radius 3 is 2.66 bits per heavy atom. The van der Waals surface area contributed by atoms with E-state index in [1.54, 1.807) is 6.08 Å². The van der Waals surface area contributed by atoms with Crippen LogP contribution < -0.4 is 5.32 Å². The molecule has 3 aliphatic rings. The molecule has 1 saturated heterocycles. The van der Waals surface area contributed by atoms with E-state index in [2.05, 4.69) is 12.2 Å². The van der Waals surface area contributed by atoms with Crippen molar-refractivity contribution in [2.24, 2.45) is 5.92 Å². The van der Waals surface area contributed by atoms with E-state index in [1.165, 1.54) is 6.08 Å². The highest BCUT2D eigenvalue weighted by atomic mass is 16.6. The summed E-state index contributed by atoms with van der Waals surface area (Å²) in [4.78, 5) is 36.3. The number of aliphatic hydroxyl groups excluding tert-OH is 2. The smallest absolute Gasteiger partial charge is 0.243 e. The number of allylic oxidation sites excluding steroid dienone is 1. The largest absolute Gasteiger partial charge is 0.390 e. The molecule has 3 fully saturated rings. The van der Waals surface area contributed by atoms with Gasteiger partial charge in [-0.1, -0.05) is 25.8 Å². The minimum atomic E-state index is -1.78. The summed E-state index contributed by atoms with van der Waals surface area (Å²) < 4.78 is 5.23. The number of nitrogens with one attached hydrogen (secondary N) is 1. The summed E-state index contributed by atoms with van der Waals surface area (Å²) in [5, 5.41) is 33.9. The quantitative estimate of drug-likeness (QED) is 0.229. The summed E-state index contributed by atoms with van der Waals surface area (Å²) in [7, 11) is 0. The van der Waals surface area contributed by atoms with Crippen molar-refractivity contribution in [2.45, 2.75) is 94.3 Å². The summed E-state index contributed by atoms with van der Waals surface area (Å²) in [6.07, 6.45) is 4.38. The Morgan fingerprint density at radius 2 is 1.93 bits per heavy atom. The zero-order valence-corrected chi connectivity index (χ0v) is 16.8. The maximum atomic E-state index is 12.4. The van der Waals surface area contributed by atoms with Crippen LogP contribution in [0.15, 0.2) is 12.2 Å². The molecule has 0 unspecified atom stereocenters. The van der Waals surface area contributed by atoms with Gasteiger partial charge in [-0.3, -0.25) is 14.4 Å². The number of amides is 1. The van der Waals surface area contributed by atoms with Crippen molar-refractivity contribution >= 4 is 17.5 Å². The number of fused-ring (bicyclic) bond motifs is 4. The molecular formula is C21H31NO7. The molecule has 2 saturated carbocycles. The Bertz CT molecular complexity index is 678.